The van der Waals surface area contributed by atoms with E-state index in [0.29, 0.717) is 5.75 Å². The highest BCUT2D eigenvalue weighted by molar-refractivity contribution is 5.64. The molecule has 17 heavy (non-hydrogen) atoms. The second-order valence-electron chi connectivity index (χ2n) is 3.50. The molecule has 3 rings (SSSR count). The quantitative estimate of drug-likeness (QED) is 0.772. The maximum Gasteiger partial charge on any atom is 0.231 e. The zero-order valence-corrected chi connectivity index (χ0v) is 8.83. The zero-order valence-electron chi connectivity index (χ0n) is 8.83. The monoisotopic (exact) mass is 228 g/mol. The van der Waals surface area contributed by atoms with Gasteiger partial charge >= 0.3 is 0 Å². The van der Waals surface area contributed by atoms with Crippen LogP contribution in [0, 0.1) is 11.3 Å². The molecule has 0 spiro atoms. The fraction of sp³-hybridized carbons (Fsp3) is 0.182. The van der Waals surface area contributed by atoms with Gasteiger partial charge in [0.05, 0.1) is 18.0 Å². The molecule has 2 heterocycles. The van der Waals surface area contributed by atoms with Crippen molar-refractivity contribution in [3.63, 3.8) is 0 Å². The van der Waals surface area contributed by atoms with Crippen molar-refractivity contribution >= 4 is 0 Å². The Bertz CT molecular complexity index is 600. The lowest BCUT2D eigenvalue weighted by Gasteiger charge is -2.03. The van der Waals surface area contributed by atoms with E-state index in [0.717, 1.165) is 17.0 Å². The summed E-state index contributed by atoms with van der Waals surface area (Å²) in [5.74, 6) is 1.43. The number of ether oxygens (including phenoxy) is 2. The number of benzene rings is 1. The van der Waals surface area contributed by atoms with Crippen LogP contribution in [0.1, 0.15) is 0 Å². The van der Waals surface area contributed by atoms with Gasteiger partial charge in [0.1, 0.15) is 6.54 Å². The van der Waals surface area contributed by atoms with Crippen LogP contribution in [0.15, 0.2) is 24.4 Å². The van der Waals surface area contributed by atoms with Crippen molar-refractivity contribution in [2.75, 3.05) is 6.79 Å². The average Bonchev–Trinajstić information content (AvgIpc) is 2.96. The standard InChI is InChI=1S/C11H8N4O2/c12-3-4-15-9(6-13-14-15)8-1-2-10-11(5-8)17-7-16-10/h1-2,5-6H,4,7H2. The van der Waals surface area contributed by atoms with Gasteiger partial charge in [-0.05, 0) is 18.2 Å². The number of nitriles is 1. The first-order valence-corrected chi connectivity index (χ1v) is 5.04. The Labute approximate surface area is 97.0 Å². The minimum absolute atomic E-state index is 0.170. The SMILES string of the molecule is N#CCn1nncc1-c1ccc2c(c1)OCO2. The van der Waals surface area contributed by atoms with Crippen molar-refractivity contribution in [3.05, 3.63) is 24.4 Å². The average molecular weight is 228 g/mol. The highest BCUT2D eigenvalue weighted by atomic mass is 16.7. The number of hydrogen-bond acceptors (Lipinski definition) is 5. The van der Waals surface area contributed by atoms with Crippen LogP contribution < -0.4 is 9.47 Å². The van der Waals surface area contributed by atoms with E-state index in [1.54, 1.807) is 6.20 Å². The Morgan fingerprint density at radius 3 is 3.12 bits per heavy atom. The summed E-state index contributed by atoms with van der Waals surface area (Å²) in [6.07, 6.45) is 1.62. The molecule has 0 fully saturated rings. The first-order chi connectivity index (χ1) is 8.38. The molecular formula is C11H8N4O2. The molecule has 6 nitrogen and oxygen atoms in total. The third-order valence-corrected chi connectivity index (χ3v) is 2.51. The minimum atomic E-state index is 0.170. The van der Waals surface area contributed by atoms with Gasteiger partial charge in [0.25, 0.3) is 0 Å². The Balaban J connectivity index is 2.04. The largest absolute Gasteiger partial charge is 0.454 e. The maximum absolute atomic E-state index is 8.68. The van der Waals surface area contributed by atoms with Gasteiger partial charge in [-0.2, -0.15) is 5.26 Å². The molecule has 0 atom stereocenters. The predicted molar refractivity (Wildman–Crippen MR) is 57.2 cm³/mol. The van der Waals surface area contributed by atoms with Gasteiger partial charge in [0.2, 0.25) is 6.79 Å². The minimum Gasteiger partial charge on any atom is -0.454 e. The van der Waals surface area contributed by atoms with E-state index in [-0.39, 0.29) is 13.3 Å². The van der Waals surface area contributed by atoms with E-state index < -0.39 is 0 Å². The first kappa shape index (κ1) is 9.66. The van der Waals surface area contributed by atoms with Crippen LogP contribution in [0.5, 0.6) is 11.5 Å². The van der Waals surface area contributed by atoms with E-state index >= 15 is 0 Å². The van der Waals surface area contributed by atoms with Gasteiger partial charge in [-0.3, -0.25) is 0 Å². The molecule has 0 saturated carbocycles. The molecule has 0 radical (unpaired) electrons. The molecule has 6 heteroatoms. The Hall–Kier alpha value is -2.55. The van der Waals surface area contributed by atoms with Gasteiger partial charge in [0, 0.05) is 5.56 Å². The lowest BCUT2D eigenvalue weighted by atomic mass is 10.1. The third-order valence-electron chi connectivity index (χ3n) is 2.51. The van der Waals surface area contributed by atoms with Crippen LogP contribution >= 0.6 is 0 Å². The van der Waals surface area contributed by atoms with Crippen molar-refractivity contribution in [2.24, 2.45) is 0 Å². The van der Waals surface area contributed by atoms with Gasteiger partial charge in [0.15, 0.2) is 11.5 Å². The summed E-state index contributed by atoms with van der Waals surface area (Å²) in [5.41, 5.74) is 1.68. The smallest absolute Gasteiger partial charge is 0.231 e. The van der Waals surface area contributed by atoms with Crippen LogP contribution in [0.3, 0.4) is 0 Å². The fourth-order valence-electron chi connectivity index (χ4n) is 1.72. The Morgan fingerprint density at radius 1 is 1.35 bits per heavy atom. The van der Waals surface area contributed by atoms with Gasteiger partial charge < -0.3 is 9.47 Å². The molecule has 84 valence electrons. The van der Waals surface area contributed by atoms with Crippen molar-refractivity contribution in [1.29, 1.82) is 5.26 Å². The van der Waals surface area contributed by atoms with Crippen LogP contribution in [0.2, 0.25) is 0 Å². The summed E-state index contributed by atoms with van der Waals surface area (Å²) in [6.45, 7) is 0.415. The number of aromatic nitrogens is 3. The topological polar surface area (TPSA) is 73.0 Å². The van der Waals surface area contributed by atoms with Gasteiger partial charge in [-0.15, -0.1) is 5.10 Å². The normalized spacial score (nSPS) is 12.4. The second kappa shape index (κ2) is 3.79. The molecule has 2 aromatic rings. The van der Waals surface area contributed by atoms with Gasteiger partial charge in [-0.1, -0.05) is 5.21 Å². The van der Waals surface area contributed by atoms with Crippen LogP contribution in [0.25, 0.3) is 11.3 Å². The highest BCUT2D eigenvalue weighted by Gasteiger charge is 2.15. The number of fused-ring (bicyclic) bond motifs is 1. The fourth-order valence-corrected chi connectivity index (χ4v) is 1.72. The third kappa shape index (κ3) is 1.58. The number of hydrogen-bond donors (Lipinski definition) is 0. The molecule has 0 N–H and O–H groups in total. The van der Waals surface area contributed by atoms with Crippen molar-refractivity contribution in [3.8, 4) is 28.8 Å². The Kier molecular flexibility index (Phi) is 2.15. The summed E-state index contributed by atoms with van der Waals surface area (Å²) in [5, 5.41) is 16.3. The number of rotatable bonds is 2. The molecular weight excluding hydrogens is 220 g/mol. The molecule has 0 bridgehead atoms. The molecule has 0 aliphatic carbocycles. The Morgan fingerprint density at radius 2 is 2.24 bits per heavy atom. The summed E-state index contributed by atoms with van der Waals surface area (Å²) in [7, 11) is 0. The van der Waals surface area contributed by atoms with Crippen LogP contribution in [0.4, 0.5) is 0 Å². The van der Waals surface area contributed by atoms with E-state index in [2.05, 4.69) is 10.3 Å². The lowest BCUT2D eigenvalue weighted by Crippen LogP contribution is -2.00. The van der Waals surface area contributed by atoms with E-state index in [9.17, 15) is 0 Å². The second-order valence-corrected chi connectivity index (χ2v) is 3.50. The summed E-state index contributed by atoms with van der Waals surface area (Å²) in [6, 6.07) is 7.62. The first-order valence-electron chi connectivity index (χ1n) is 5.04. The zero-order chi connectivity index (χ0) is 11.7. The van der Waals surface area contributed by atoms with E-state index in [4.69, 9.17) is 14.7 Å². The van der Waals surface area contributed by atoms with E-state index in [1.165, 1.54) is 4.68 Å². The van der Waals surface area contributed by atoms with Crippen molar-refractivity contribution in [2.45, 2.75) is 6.54 Å². The molecule has 1 aromatic carbocycles. The molecule has 0 unspecified atom stereocenters. The molecule has 1 aromatic heterocycles. The maximum atomic E-state index is 8.68. The predicted octanol–water partition coefficient (Wildman–Crippen LogP) is 1.20. The number of nitrogens with zero attached hydrogens (tertiary/aromatic N) is 4. The summed E-state index contributed by atoms with van der Waals surface area (Å²) >= 11 is 0. The van der Waals surface area contributed by atoms with Crippen molar-refractivity contribution < 1.29 is 9.47 Å². The van der Waals surface area contributed by atoms with Crippen LogP contribution in [-0.4, -0.2) is 21.8 Å². The summed E-state index contributed by atoms with van der Waals surface area (Å²) in [4.78, 5) is 0. The highest BCUT2D eigenvalue weighted by Crippen LogP contribution is 2.35. The van der Waals surface area contributed by atoms with Gasteiger partial charge in [-0.25, -0.2) is 4.68 Å². The molecule has 1 aliphatic heterocycles. The summed E-state index contributed by atoms with van der Waals surface area (Å²) < 4.78 is 12.1. The van der Waals surface area contributed by atoms with Crippen molar-refractivity contribution in [1.82, 2.24) is 15.0 Å². The molecule has 1 aliphatic rings. The van der Waals surface area contributed by atoms with E-state index in [1.807, 2.05) is 24.3 Å². The van der Waals surface area contributed by atoms with Crippen LogP contribution in [-0.2, 0) is 6.54 Å². The molecule has 0 amide bonds. The molecule has 0 saturated heterocycles. The lowest BCUT2D eigenvalue weighted by molar-refractivity contribution is 0.174.